The topological polar surface area (TPSA) is 55.4 Å². The lowest BCUT2D eigenvalue weighted by molar-refractivity contribution is 0.410. The molecular weight excluding hydrogens is 354 g/mol. The number of rotatable bonds is 8. The number of aryl methyl sites for hydroxylation is 1. The molecule has 136 valence electrons. The number of sulfonamides is 1. The number of nitrogens with one attached hydrogen (secondary N) is 1. The fraction of sp³-hybridized carbons (Fsp3) is 0.368. The minimum Gasteiger partial charge on any atom is -0.496 e. The molecule has 0 aliphatic rings. The highest BCUT2D eigenvalue weighted by Crippen LogP contribution is 2.26. The van der Waals surface area contributed by atoms with Gasteiger partial charge in [-0.1, -0.05) is 24.3 Å². The van der Waals surface area contributed by atoms with Crippen molar-refractivity contribution in [3.05, 3.63) is 58.7 Å². The zero-order valence-electron chi connectivity index (χ0n) is 15.1. The quantitative estimate of drug-likeness (QED) is 0.708. The molecule has 0 radical (unpaired) electrons. The van der Waals surface area contributed by atoms with E-state index in [9.17, 15) is 8.42 Å². The fourth-order valence-electron chi connectivity index (χ4n) is 2.56. The molecule has 2 aromatic carbocycles. The zero-order valence-corrected chi connectivity index (χ0v) is 16.8. The second-order valence-corrected chi connectivity index (χ2v) is 8.73. The van der Waals surface area contributed by atoms with Gasteiger partial charge in [0.05, 0.1) is 12.0 Å². The Balaban J connectivity index is 1.92. The van der Waals surface area contributed by atoms with Crippen LogP contribution in [0.1, 0.15) is 22.3 Å². The van der Waals surface area contributed by atoms with Crippen molar-refractivity contribution in [2.75, 3.05) is 19.4 Å². The van der Waals surface area contributed by atoms with Crippen LogP contribution in [0.15, 0.2) is 41.3 Å². The van der Waals surface area contributed by atoms with E-state index in [4.69, 9.17) is 4.74 Å². The minimum absolute atomic E-state index is 0.315. The minimum atomic E-state index is -3.51. The summed E-state index contributed by atoms with van der Waals surface area (Å²) in [5, 5.41) is 0. The highest BCUT2D eigenvalue weighted by Gasteiger charge is 2.18. The lowest BCUT2D eigenvalue weighted by Gasteiger charge is -2.13. The van der Waals surface area contributed by atoms with Gasteiger partial charge >= 0.3 is 0 Å². The van der Waals surface area contributed by atoms with Crippen molar-refractivity contribution < 1.29 is 13.2 Å². The van der Waals surface area contributed by atoms with E-state index in [0.29, 0.717) is 17.2 Å². The molecule has 0 heterocycles. The molecule has 0 amide bonds. The first-order chi connectivity index (χ1) is 11.9. The Morgan fingerprint density at radius 2 is 1.76 bits per heavy atom. The Morgan fingerprint density at radius 1 is 1.04 bits per heavy atom. The average Bonchev–Trinajstić information content (AvgIpc) is 2.58. The van der Waals surface area contributed by atoms with E-state index in [1.807, 2.05) is 19.1 Å². The molecule has 0 fully saturated rings. The summed E-state index contributed by atoms with van der Waals surface area (Å²) >= 11 is 1.72. The Kier molecular flexibility index (Phi) is 6.93. The van der Waals surface area contributed by atoms with E-state index in [2.05, 4.69) is 23.8 Å². The van der Waals surface area contributed by atoms with E-state index < -0.39 is 10.0 Å². The van der Waals surface area contributed by atoms with Crippen LogP contribution in [-0.4, -0.2) is 27.8 Å². The van der Waals surface area contributed by atoms with Gasteiger partial charge < -0.3 is 4.74 Å². The van der Waals surface area contributed by atoms with Gasteiger partial charge in [-0.15, -0.1) is 0 Å². The van der Waals surface area contributed by atoms with Gasteiger partial charge in [0.1, 0.15) is 5.75 Å². The van der Waals surface area contributed by atoms with Gasteiger partial charge in [-0.2, -0.15) is 11.8 Å². The van der Waals surface area contributed by atoms with Gasteiger partial charge in [0.25, 0.3) is 0 Å². The van der Waals surface area contributed by atoms with Crippen LogP contribution < -0.4 is 9.46 Å². The number of hydrogen-bond donors (Lipinski definition) is 1. The van der Waals surface area contributed by atoms with Crippen LogP contribution in [0.2, 0.25) is 0 Å². The summed E-state index contributed by atoms with van der Waals surface area (Å²) in [6.45, 7) is 6.17. The molecule has 0 saturated carbocycles. The Bertz CT molecular complexity index is 833. The van der Waals surface area contributed by atoms with Crippen molar-refractivity contribution in [3.8, 4) is 5.75 Å². The Hall–Kier alpha value is -1.50. The molecule has 1 N–H and O–H groups in total. The van der Waals surface area contributed by atoms with Gasteiger partial charge in [-0.3, -0.25) is 0 Å². The van der Waals surface area contributed by atoms with Crippen molar-refractivity contribution in [2.45, 2.75) is 31.4 Å². The van der Waals surface area contributed by atoms with Crippen LogP contribution >= 0.6 is 11.8 Å². The summed E-state index contributed by atoms with van der Waals surface area (Å²) in [6.07, 6.45) is 0. The van der Waals surface area contributed by atoms with Crippen LogP contribution in [0.4, 0.5) is 0 Å². The smallest absolute Gasteiger partial charge is 0.240 e. The molecule has 0 aromatic heterocycles. The largest absolute Gasteiger partial charge is 0.496 e. The van der Waals surface area contributed by atoms with Crippen LogP contribution in [0, 0.1) is 20.8 Å². The van der Waals surface area contributed by atoms with E-state index in [1.165, 1.54) is 11.1 Å². The molecule has 0 aliphatic carbocycles. The van der Waals surface area contributed by atoms with E-state index >= 15 is 0 Å². The monoisotopic (exact) mass is 379 g/mol. The molecule has 2 aromatic rings. The maximum absolute atomic E-state index is 12.5. The first-order valence-electron chi connectivity index (χ1n) is 8.13. The van der Waals surface area contributed by atoms with Crippen LogP contribution in [0.5, 0.6) is 5.75 Å². The van der Waals surface area contributed by atoms with Gasteiger partial charge in [-0.05, 0) is 55.2 Å². The lowest BCUT2D eigenvalue weighted by atomic mass is 10.1. The standard InChI is InChI=1S/C19H25NO3S2/c1-14-7-5-6-8-17(14)13-24-12-11-20-25(21,22)19-10-9-18(23-4)15(2)16(19)3/h5-10,20H,11-13H2,1-4H3. The average molecular weight is 380 g/mol. The summed E-state index contributed by atoms with van der Waals surface area (Å²) in [5.41, 5.74) is 4.12. The maximum atomic E-state index is 12.5. The molecule has 0 unspecified atom stereocenters. The molecule has 25 heavy (non-hydrogen) atoms. The second-order valence-electron chi connectivity index (χ2n) is 5.89. The summed E-state index contributed by atoms with van der Waals surface area (Å²) in [6, 6.07) is 11.5. The van der Waals surface area contributed by atoms with Crippen molar-refractivity contribution in [1.82, 2.24) is 4.72 Å². The van der Waals surface area contributed by atoms with Crippen molar-refractivity contribution in [3.63, 3.8) is 0 Å². The van der Waals surface area contributed by atoms with Crippen LogP contribution in [0.3, 0.4) is 0 Å². The van der Waals surface area contributed by atoms with Gasteiger partial charge in [0, 0.05) is 18.1 Å². The van der Waals surface area contributed by atoms with Crippen LogP contribution in [0.25, 0.3) is 0 Å². The van der Waals surface area contributed by atoms with E-state index in [-0.39, 0.29) is 0 Å². The van der Waals surface area contributed by atoms with E-state index in [0.717, 1.165) is 22.6 Å². The third-order valence-corrected chi connectivity index (χ3v) is 6.87. The first kappa shape index (κ1) is 19.8. The molecule has 0 aliphatic heterocycles. The predicted molar refractivity (Wildman–Crippen MR) is 105 cm³/mol. The van der Waals surface area contributed by atoms with Gasteiger partial charge in [-0.25, -0.2) is 13.1 Å². The summed E-state index contributed by atoms with van der Waals surface area (Å²) in [5.74, 6) is 2.31. The van der Waals surface area contributed by atoms with Gasteiger partial charge in [0.15, 0.2) is 0 Å². The SMILES string of the molecule is COc1ccc(S(=O)(=O)NCCSCc2ccccc2C)c(C)c1C. The van der Waals surface area contributed by atoms with Crippen LogP contribution in [-0.2, 0) is 15.8 Å². The summed E-state index contributed by atoms with van der Waals surface area (Å²) < 4.78 is 33.0. The molecule has 2 rings (SSSR count). The molecular formula is C19H25NO3S2. The summed E-state index contributed by atoms with van der Waals surface area (Å²) in [4.78, 5) is 0.315. The highest BCUT2D eigenvalue weighted by atomic mass is 32.2. The fourth-order valence-corrected chi connectivity index (χ4v) is 4.96. The number of ether oxygens (including phenoxy) is 1. The molecule has 0 saturated heterocycles. The van der Waals surface area contributed by atoms with Crippen molar-refractivity contribution >= 4 is 21.8 Å². The maximum Gasteiger partial charge on any atom is 0.240 e. The number of methoxy groups -OCH3 is 1. The summed E-state index contributed by atoms with van der Waals surface area (Å²) in [7, 11) is -1.93. The zero-order chi connectivity index (χ0) is 18.4. The first-order valence-corrected chi connectivity index (χ1v) is 10.8. The molecule has 0 spiro atoms. The van der Waals surface area contributed by atoms with E-state index in [1.54, 1.807) is 37.9 Å². The highest BCUT2D eigenvalue weighted by molar-refractivity contribution is 7.98. The normalized spacial score (nSPS) is 11.5. The molecule has 6 heteroatoms. The predicted octanol–water partition coefficient (Wildman–Crippen LogP) is 3.83. The van der Waals surface area contributed by atoms with Crippen molar-refractivity contribution in [2.24, 2.45) is 0 Å². The molecule has 0 bridgehead atoms. The second kappa shape index (κ2) is 8.74. The third-order valence-electron chi connectivity index (χ3n) is 4.25. The number of hydrogen-bond acceptors (Lipinski definition) is 4. The molecule has 0 atom stereocenters. The Labute approximate surface area is 155 Å². The number of benzene rings is 2. The number of thioether (sulfide) groups is 1. The van der Waals surface area contributed by atoms with Crippen molar-refractivity contribution in [1.29, 1.82) is 0 Å². The lowest BCUT2D eigenvalue weighted by Crippen LogP contribution is -2.27. The third kappa shape index (κ3) is 5.00. The Morgan fingerprint density at radius 3 is 2.44 bits per heavy atom. The molecule has 4 nitrogen and oxygen atoms in total. The van der Waals surface area contributed by atoms with Gasteiger partial charge in [0.2, 0.25) is 10.0 Å².